The number of urea groups is 1. The predicted molar refractivity (Wildman–Crippen MR) is 145 cm³/mol. The van der Waals surface area contributed by atoms with Crippen LogP contribution in [0.25, 0.3) is 0 Å². The van der Waals surface area contributed by atoms with E-state index in [4.69, 9.17) is 9.47 Å². The lowest BCUT2D eigenvalue weighted by Crippen LogP contribution is -2.51. The van der Waals surface area contributed by atoms with Gasteiger partial charge in [0, 0.05) is 9.75 Å². The van der Waals surface area contributed by atoms with E-state index in [0.29, 0.717) is 36.6 Å². The van der Waals surface area contributed by atoms with Crippen molar-refractivity contribution in [3.8, 4) is 11.5 Å². The van der Waals surface area contributed by atoms with Crippen LogP contribution in [0.15, 0.2) is 53.2 Å². The maximum Gasteiger partial charge on any atom is 0.315 e. The number of hydrogen-bond donors (Lipinski definition) is 3. The van der Waals surface area contributed by atoms with E-state index >= 15 is 0 Å². The fourth-order valence-electron chi connectivity index (χ4n) is 4.19. The molecule has 0 spiro atoms. The number of carbonyl (C=O) groups is 3. The van der Waals surface area contributed by atoms with Crippen molar-refractivity contribution < 1.29 is 29.0 Å². The molecule has 3 heterocycles. The Morgan fingerprint density at radius 3 is 2.29 bits per heavy atom. The van der Waals surface area contributed by atoms with Gasteiger partial charge in [0.15, 0.2) is 11.5 Å². The highest BCUT2D eigenvalue weighted by molar-refractivity contribution is 7.10. The van der Waals surface area contributed by atoms with Crippen LogP contribution < -0.4 is 20.1 Å². The molecule has 1 unspecified atom stereocenters. The number of carboxylic acid groups (broad SMARTS) is 1. The molecule has 0 aliphatic carbocycles. The number of nitrogens with zero attached hydrogens (tertiary/aromatic N) is 1. The Morgan fingerprint density at radius 1 is 1.00 bits per heavy atom. The molecule has 3 amide bonds. The molecule has 3 N–H and O–H groups in total. The zero-order valence-corrected chi connectivity index (χ0v) is 22.7. The summed E-state index contributed by atoms with van der Waals surface area (Å²) in [4.78, 5) is 42.4. The van der Waals surface area contributed by atoms with E-state index < -0.39 is 24.1 Å². The first-order valence-electron chi connectivity index (χ1n) is 12.4. The van der Waals surface area contributed by atoms with E-state index in [2.05, 4.69) is 10.6 Å². The SMILES string of the molecule is CCCC[C@@H](NC(=O)NC(CC(=O)O)c1ccc2c(c1)OCO2)C(=O)N(Cc1cccs1)Cc1cccs1. The number of unbranched alkanes of at least 4 members (excludes halogenated alkanes) is 1. The Hall–Kier alpha value is -3.57. The first-order chi connectivity index (χ1) is 18.4. The summed E-state index contributed by atoms with van der Waals surface area (Å²) in [6, 6.07) is 10.8. The van der Waals surface area contributed by atoms with Gasteiger partial charge in [-0.15, -0.1) is 22.7 Å². The number of nitrogens with one attached hydrogen (secondary N) is 2. The molecule has 9 nitrogen and oxygen atoms in total. The van der Waals surface area contributed by atoms with Crippen LogP contribution in [0.5, 0.6) is 11.5 Å². The number of amides is 3. The number of carboxylic acids is 1. The molecule has 1 aliphatic rings. The Kier molecular flexibility index (Phi) is 9.61. The van der Waals surface area contributed by atoms with Crippen molar-refractivity contribution in [3.05, 3.63) is 68.5 Å². The molecule has 0 radical (unpaired) electrons. The maximum absolute atomic E-state index is 13.8. The lowest BCUT2D eigenvalue weighted by Gasteiger charge is -2.28. The second-order valence-corrected chi connectivity index (χ2v) is 11.0. The van der Waals surface area contributed by atoms with Crippen molar-refractivity contribution in [2.45, 2.75) is 57.8 Å². The van der Waals surface area contributed by atoms with Gasteiger partial charge < -0.3 is 30.1 Å². The van der Waals surface area contributed by atoms with Crippen molar-refractivity contribution in [3.63, 3.8) is 0 Å². The van der Waals surface area contributed by atoms with Crippen molar-refractivity contribution in [1.29, 1.82) is 0 Å². The van der Waals surface area contributed by atoms with Crippen LogP contribution in [-0.4, -0.2) is 40.7 Å². The maximum atomic E-state index is 13.8. The highest BCUT2D eigenvalue weighted by atomic mass is 32.1. The molecule has 2 atom stereocenters. The Morgan fingerprint density at radius 2 is 1.68 bits per heavy atom. The van der Waals surface area contributed by atoms with E-state index in [1.807, 2.05) is 41.9 Å². The van der Waals surface area contributed by atoms with Gasteiger partial charge >= 0.3 is 12.0 Å². The Labute approximate surface area is 229 Å². The minimum Gasteiger partial charge on any atom is -0.481 e. The first-order valence-corrected chi connectivity index (χ1v) is 14.2. The minimum absolute atomic E-state index is 0.0883. The molecule has 0 bridgehead atoms. The summed E-state index contributed by atoms with van der Waals surface area (Å²) in [7, 11) is 0. The molecule has 1 aromatic carbocycles. The highest BCUT2D eigenvalue weighted by Gasteiger charge is 2.28. The van der Waals surface area contributed by atoms with Crippen molar-refractivity contribution >= 4 is 40.6 Å². The Balaban J connectivity index is 1.49. The van der Waals surface area contributed by atoms with E-state index in [1.165, 1.54) is 0 Å². The van der Waals surface area contributed by atoms with E-state index in [9.17, 15) is 19.5 Å². The molecular weight excluding hydrogens is 526 g/mol. The quantitative estimate of drug-likeness (QED) is 0.268. The van der Waals surface area contributed by atoms with Crippen LogP contribution in [0.2, 0.25) is 0 Å². The minimum atomic E-state index is -1.07. The van der Waals surface area contributed by atoms with Gasteiger partial charge in [-0.2, -0.15) is 0 Å². The zero-order chi connectivity index (χ0) is 26.9. The summed E-state index contributed by atoms with van der Waals surface area (Å²) < 4.78 is 10.7. The average molecular weight is 558 g/mol. The van der Waals surface area contributed by atoms with E-state index in [0.717, 1.165) is 22.6 Å². The fraction of sp³-hybridized carbons (Fsp3) is 0.370. The summed E-state index contributed by atoms with van der Waals surface area (Å²) in [6.45, 7) is 3.00. The van der Waals surface area contributed by atoms with Crippen LogP contribution in [0.3, 0.4) is 0 Å². The van der Waals surface area contributed by atoms with Gasteiger partial charge in [-0.05, 0) is 47.0 Å². The number of aliphatic carboxylic acids is 1. The summed E-state index contributed by atoms with van der Waals surface area (Å²) >= 11 is 3.16. The van der Waals surface area contributed by atoms with Crippen molar-refractivity contribution in [2.24, 2.45) is 0 Å². The second-order valence-electron chi connectivity index (χ2n) is 8.93. The highest BCUT2D eigenvalue weighted by Crippen LogP contribution is 2.34. The largest absolute Gasteiger partial charge is 0.481 e. The van der Waals surface area contributed by atoms with Crippen LogP contribution in [0.1, 0.15) is 54.0 Å². The number of fused-ring (bicyclic) bond motifs is 1. The number of ether oxygens (including phenoxy) is 2. The third kappa shape index (κ3) is 7.48. The van der Waals surface area contributed by atoms with Gasteiger partial charge in [0.05, 0.1) is 25.6 Å². The molecule has 2 aromatic heterocycles. The van der Waals surface area contributed by atoms with Gasteiger partial charge in [-0.3, -0.25) is 9.59 Å². The summed E-state index contributed by atoms with van der Waals surface area (Å²) in [5.41, 5.74) is 0.570. The molecular formula is C27H31N3O6S2. The number of hydrogen-bond acceptors (Lipinski definition) is 7. The monoisotopic (exact) mass is 557 g/mol. The first kappa shape index (κ1) is 27.5. The van der Waals surface area contributed by atoms with Gasteiger partial charge in [-0.25, -0.2) is 4.79 Å². The topological polar surface area (TPSA) is 117 Å². The smallest absolute Gasteiger partial charge is 0.315 e. The van der Waals surface area contributed by atoms with Crippen molar-refractivity contribution in [2.75, 3.05) is 6.79 Å². The predicted octanol–water partition coefficient (Wildman–Crippen LogP) is 5.14. The lowest BCUT2D eigenvalue weighted by molar-refractivity contribution is -0.137. The molecule has 11 heteroatoms. The van der Waals surface area contributed by atoms with E-state index in [1.54, 1.807) is 45.8 Å². The van der Waals surface area contributed by atoms with Gasteiger partial charge in [0.25, 0.3) is 0 Å². The summed E-state index contributed by atoms with van der Waals surface area (Å²) in [6.07, 6.45) is 1.76. The molecule has 0 saturated carbocycles. The third-order valence-electron chi connectivity index (χ3n) is 6.10. The fourth-order valence-corrected chi connectivity index (χ4v) is 5.63. The van der Waals surface area contributed by atoms with Crippen LogP contribution in [0, 0.1) is 0 Å². The van der Waals surface area contributed by atoms with Gasteiger partial charge in [-0.1, -0.05) is 38.0 Å². The lowest BCUT2D eigenvalue weighted by atomic mass is 10.0. The normalized spacial score (nSPS) is 13.5. The number of thiophene rings is 2. The summed E-state index contributed by atoms with van der Waals surface area (Å²) in [5, 5.41) is 19.0. The number of rotatable bonds is 13. The molecule has 4 rings (SSSR count). The van der Waals surface area contributed by atoms with Crippen LogP contribution in [-0.2, 0) is 22.7 Å². The van der Waals surface area contributed by atoms with Gasteiger partial charge in [0.2, 0.25) is 12.7 Å². The Bertz CT molecular complexity index is 1180. The third-order valence-corrected chi connectivity index (χ3v) is 7.82. The van der Waals surface area contributed by atoms with Gasteiger partial charge in [0.1, 0.15) is 6.04 Å². The second kappa shape index (κ2) is 13.3. The number of benzene rings is 1. The van der Waals surface area contributed by atoms with Crippen LogP contribution >= 0.6 is 22.7 Å². The average Bonchev–Trinajstić information content (AvgIpc) is 3.68. The molecule has 3 aromatic rings. The molecule has 0 fully saturated rings. The van der Waals surface area contributed by atoms with Crippen molar-refractivity contribution in [1.82, 2.24) is 15.5 Å². The molecule has 0 saturated heterocycles. The summed E-state index contributed by atoms with van der Waals surface area (Å²) in [5.74, 6) is -0.180. The number of carbonyl (C=O) groups excluding carboxylic acids is 2. The zero-order valence-electron chi connectivity index (χ0n) is 21.1. The van der Waals surface area contributed by atoms with E-state index in [-0.39, 0.29) is 19.1 Å². The molecule has 38 heavy (non-hydrogen) atoms. The molecule has 202 valence electrons. The van der Waals surface area contributed by atoms with Crippen LogP contribution in [0.4, 0.5) is 4.79 Å². The standard InChI is InChI=1S/C27H31N3O6S2/c1-2-3-8-21(26(33)30(15-19-6-4-11-37-19)16-20-7-5-12-38-20)28-27(34)29-22(14-25(31)32)18-9-10-23-24(13-18)36-17-35-23/h4-7,9-13,21-22H,2-3,8,14-17H2,1H3,(H,31,32)(H2,28,29,34)/t21-,22?/m1/s1. The molecule has 1 aliphatic heterocycles.